The van der Waals surface area contributed by atoms with E-state index in [2.05, 4.69) is 46.8 Å². The predicted octanol–water partition coefficient (Wildman–Crippen LogP) is 6.97. The van der Waals surface area contributed by atoms with E-state index in [1.807, 2.05) is 48.2 Å². The second-order valence-corrected chi connectivity index (χ2v) is 17.8. The lowest BCUT2D eigenvalue weighted by Gasteiger charge is -2.57. The minimum atomic E-state index is -0.171. The highest BCUT2D eigenvalue weighted by atomic mass is 16.2. The highest BCUT2D eigenvalue weighted by Gasteiger charge is 2.59. The van der Waals surface area contributed by atoms with Gasteiger partial charge in [0.1, 0.15) is 0 Å². The smallest absolute Gasteiger partial charge is 0.246 e. The van der Waals surface area contributed by atoms with Crippen molar-refractivity contribution in [2.75, 3.05) is 27.2 Å². The third-order valence-electron chi connectivity index (χ3n) is 15.6. The third-order valence-corrected chi connectivity index (χ3v) is 15.6. The topological polar surface area (TPSA) is 74.8 Å². The molecule has 6 aliphatic carbocycles. The fraction of sp³-hybridized carbons (Fsp3) is 0.707. The molecular formula is C41H56N2O4. The van der Waals surface area contributed by atoms with Crippen LogP contribution in [0.3, 0.4) is 0 Å². The Morgan fingerprint density at radius 2 is 1.15 bits per heavy atom. The summed E-state index contributed by atoms with van der Waals surface area (Å²) in [6.07, 6.45) is 21.5. The Labute approximate surface area is 282 Å². The van der Waals surface area contributed by atoms with E-state index in [0.29, 0.717) is 53.0 Å². The zero-order chi connectivity index (χ0) is 33.7. The lowest BCUT2D eigenvalue weighted by molar-refractivity contribution is -0.131. The van der Waals surface area contributed by atoms with Crippen molar-refractivity contribution < 1.29 is 19.2 Å². The fourth-order valence-corrected chi connectivity index (χ4v) is 12.3. The second kappa shape index (κ2) is 11.1. The molecule has 0 bridgehead atoms. The van der Waals surface area contributed by atoms with Crippen molar-refractivity contribution in [2.24, 2.45) is 63.1 Å². The van der Waals surface area contributed by atoms with E-state index in [9.17, 15) is 19.2 Å². The van der Waals surface area contributed by atoms with E-state index < -0.39 is 0 Å². The van der Waals surface area contributed by atoms with Gasteiger partial charge < -0.3 is 9.80 Å². The van der Waals surface area contributed by atoms with Gasteiger partial charge in [0.05, 0.1) is 0 Å². The van der Waals surface area contributed by atoms with Gasteiger partial charge in [0.2, 0.25) is 11.8 Å². The number of carbonyl (C=O) groups excluding carboxylic acids is 4. The summed E-state index contributed by atoms with van der Waals surface area (Å²) < 4.78 is 0. The van der Waals surface area contributed by atoms with Crippen LogP contribution in [0.1, 0.15) is 92.4 Å². The molecule has 2 aliphatic heterocycles. The number of allylic oxidation sites excluding steroid dienone is 6. The van der Waals surface area contributed by atoms with E-state index in [1.54, 1.807) is 0 Å². The maximum Gasteiger partial charge on any atom is 0.246 e. The first kappa shape index (κ1) is 32.8. The zero-order valence-electron chi connectivity index (χ0n) is 29.8. The van der Waals surface area contributed by atoms with Gasteiger partial charge in [-0.1, -0.05) is 57.9 Å². The van der Waals surface area contributed by atoms with Crippen molar-refractivity contribution in [2.45, 2.75) is 92.4 Å². The molecule has 0 saturated heterocycles. The van der Waals surface area contributed by atoms with Crippen LogP contribution in [0.5, 0.6) is 0 Å². The summed E-state index contributed by atoms with van der Waals surface area (Å²) in [4.78, 5) is 53.2. The van der Waals surface area contributed by atoms with Gasteiger partial charge >= 0.3 is 0 Å². The first-order chi connectivity index (χ1) is 22.1. The van der Waals surface area contributed by atoms with Crippen LogP contribution in [0, 0.1) is 63.1 Å². The first-order valence-corrected chi connectivity index (χ1v) is 18.5. The van der Waals surface area contributed by atoms with E-state index in [4.69, 9.17) is 0 Å². The number of rotatable bonds is 0. The van der Waals surface area contributed by atoms with Crippen LogP contribution in [0.4, 0.5) is 0 Å². The molecule has 1 unspecified atom stereocenters. The van der Waals surface area contributed by atoms with Crippen LogP contribution in [0.2, 0.25) is 0 Å². The zero-order valence-corrected chi connectivity index (χ0v) is 29.8. The van der Waals surface area contributed by atoms with Gasteiger partial charge in [0, 0.05) is 50.2 Å². The number of hydrogen-bond acceptors (Lipinski definition) is 4. The number of carbonyl (C=O) groups is 4. The molecule has 0 aromatic rings. The fourth-order valence-electron chi connectivity index (χ4n) is 12.3. The number of amides is 2. The quantitative estimate of drug-likeness (QED) is 0.287. The lowest BCUT2D eigenvalue weighted by atomic mass is 9.47. The lowest BCUT2D eigenvalue weighted by Crippen LogP contribution is -2.51. The molecular weight excluding hydrogens is 584 g/mol. The molecule has 0 aromatic heterocycles. The van der Waals surface area contributed by atoms with Crippen molar-refractivity contribution in [3.05, 3.63) is 47.6 Å². The molecule has 6 nitrogen and oxygen atoms in total. The molecule has 2 heterocycles. The third kappa shape index (κ3) is 4.76. The number of hydrogen-bond donors (Lipinski definition) is 0. The van der Waals surface area contributed by atoms with Gasteiger partial charge in [-0.3, -0.25) is 19.2 Å². The van der Waals surface area contributed by atoms with Crippen LogP contribution >= 0.6 is 0 Å². The summed E-state index contributed by atoms with van der Waals surface area (Å²) in [5, 5.41) is 0. The summed E-state index contributed by atoms with van der Waals surface area (Å²) in [6, 6.07) is 0. The van der Waals surface area contributed by atoms with Crippen molar-refractivity contribution >= 4 is 23.4 Å². The second-order valence-electron chi connectivity index (χ2n) is 17.8. The van der Waals surface area contributed by atoms with Gasteiger partial charge in [0.25, 0.3) is 0 Å². The molecule has 6 heteroatoms. The van der Waals surface area contributed by atoms with Crippen LogP contribution in [-0.2, 0) is 19.2 Å². The van der Waals surface area contributed by atoms with E-state index >= 15 is 0 Å². The van der Waals surface area contributed by atoms with Crippen LogP contribution in [-0.4, -0.2) is 60.4 Å². The van der Waals surface area contributed by atoms with Crippen molar-refractivity contribution in [3.63, 3.8) is 0 Å². The molecule has 47 heavy (non-hydrogen) atoms. The Morgan fingerprint density at radius 3 is 1.74 bits per heavy atom. The highest BCUT2D eigenvalue weighted by molar-refractivity contribution is 5.98. The maximum absolute atomic E-state index is 12.4. The average molecular weight is 641 g/mol. The molecule has 4 saturated carbocycles. The first-order valence-electron chi connectivity index (χ1n) is 18.5. The van der Waals surface area contributed by atoms with E-state index in [0.717, 1.165) is 70.9 Å². The van der Waals surface area contributed by atoms with Gasteiger partial charge in [-0.15, -0.1) is 0 Å². The largest absolute Gasteiger partial charge is 0.342 e. The van der Waals surface area contributed by atoms with Gasteiger partial charge in [-0.2, -0.15) is 0 Å². The number of nitrogens with zero attached hydrogens (tertiary/aromatic N) is 2. The van der Waals surface area contributed by atoms with Gasteiger partial charge in [-0.25, -0.2) is 0 Å². The van der Waals surface area contributed by atoms with E-state index in [-0.39, 0.29) is 33.5 Å². The molecule has 0 aromatic carbocycles. The van der Waals surface area contributed by atoms with E-state index in [1.165, 1.54) is 11.1 Å². The summed E-state index contributed by atoms with van der Waals surface area (Å²) in [7, 11) is 3.83. The molecule has 4 fully saturated rings. The molecule has 8 rings (SSSR count). The maximum atomic E-state index is 12.4. The molecule has 0 spiro atoms. The molecule has 0 radical (unpaired) electrons. The van der Waals surface area contributed by atoms with Crippen LogP contribution in [0.25, 0.3) is 0 Å². The van der Waals surface area contributed by atoms with Crippen molar-refractivity contribution in [3.8, 4) is 0 Å². The van der Waals surface area contributed by atoms with Crippen molar-refractivity contribution in [1.29, 1.82) is 0 Å². The molecule has 0 N–H and O–H groups in total. The SMILES string of the molecule is CC1C[C@@H]2[C@H](CC[C@]3(C)C(=O)C=C[C@@H]23)[C@@]2(C)CCN(C)C(=O)C=C12.CN1CC[C@@]2(C)C(=CC1=O)CC[C@@H]1[C@@H]2CC[C@]2(C)C(=O)C=C[C@@H]12. The van der Waals surface area contributed by atoms with Gasteiger partial charge in [-0.05, 0) is 122 Å². The molecule has 11 atom stereocenters. The van der Waals surface area contributed by atoms with Crippen LogP contribution < -0.4 is 0 Å². The molecule has 8 aliphatic rings. The Bertz CT molecular complexity index is 1520. The number of ketones is 2. The highest BCUT2D eigenvalue weighted by Crippen LogP contribution is 2.64. The Morgan fingerprint density at radius 1 is 0.638 bits per heavy atom. The normalized spacial score (nSPS) is 46.8. The molecule has 254 valence electrons. The summed E-state index contributed by atoms with van der Waals surface area (Å²) >= 11 is 0. The van der Waals surface area contributed by atoms with Crippen molar-refractivity contribution in [1.82, 2.24) is 9.80 Å². The van der Waals surface area contributed by atoms with Gasteiger partial charge in [0.15, 0.2) is 11.6 Å². The summed E-state index contributed by atoms with van der Waals surface area (Å²) in [6.45, 7) is 13.1. The standard InChI is InChI=1S/C21H29NO2.C20H27NO2/c1-13-11-14-15-5-6-18(23)21(15,3)8-7-16(14)20(2)9-10-22(4)19(24)12-17(13)20;1-19-10-11-21(3)18(23)12-13(19)4-5-14-15-6-7-17(22)20(15,2)9-8-16(14)19/h5-6,12-16H,7-11H2,1-4H3;6-7,12,14-16H,4-5,8-11H2,1-3H3/t13?,14-,15-,16-,20+,21-;14-,15-,16-,19-,20-/m00/s1. The Kier molecular flexibility index (Phi) is 7.76. The number of likely N-dealkylation sites (N-methyl/N-ethyl adjacent to an activating group) is 2. The Hall–Kier alpha value is -2.76. The number of fused-ring (bicyclic) bond motifs is 10. The molecule has 2 amide bonds. The average Bonchev–Trinajstić information content (AvgIpc) is 3.43. The minimum Gasteiger partial charge on any atom is -0.342 e. The summed E-state index contributed by atoms with van der Waals surface area (Å²) in [5.74, 6) is 4.59. The summed E-state index contributed by atoms with van der Waals surface area (Å²) in [5.41, 5.74) is 2.64. The Balaban J connectivity index is 0.000000150. The predicted molar refractivity (Wildman–Crippen MR) is 184 cm³/mol. The van der Waals surface area contributed by atoms with Crippen LogP contribution in [0.15, 0.2) is 47.6 Å². The monoisotopic (exact) mass is 640 g/mol. The minimum absolute atomic E-state index is 0.101.